The number of aromatic nitrogens is 1. The highest BCUT2D eigenvalue weighted by molar-refractivity contribution is 7.90. The fourth-order valence-corrected chi connectivity index (χ4v) is 4.66. The Morgan fingerprint density at radius 2 is 2.00 bits per heavy atom. The first-order valence-electron chi connectivity index (χ1n) is 10.3. The second kappa shape index (κ2) is 9.13. The SMILES string of the molecule is COc1ccc(S(=O)(=O)/N=C/N(C)C)cc1CN1CC(Nc2ccc3cnccc3c2)C1. The minimum atomic E-state index is -3.76. The van der Waals surface area contributed by atoms with Gasteiger partial charge in [0.15, 0.2) is 0 Å². The molecule has 0 amide bonds. The number of methoxy groups -OCH3 is 1. The van der Waals surface area contributed by atoms with Crippen molar-refractivity contribution in [3.8, 4) is 5.75 Å². The van der Waals surface area contributed by atoms with E-state index in [2.05, 4.69) is 37.8 Å². The third-order valence-electron chi connectivity index (χ3n) is 5.33. The molecule has 1 aliphatic heterocycles. The molecule has 0 aliphatic carbocycles. The molecule has 0 atom stereocenters. The van der Waals surface area contributed by atoms with Crippen molar-refractivity contribution >= 4 is 32.8 Å². The van der Waals surface area contributed by atoms with Gasteiger partial charge < -0.3 is 15.0 Å². The van der Waals surface area contributed by atoms with E-state index in [0.29, 0.717) is 18.3 Å². The van der Waals surface area contributed by atoms with Crippen molar-refractivity contribution in [1.82, 2.24) is 14.8 Å². The number of hydrogen-bond donors (Lipinski definition) is 1. The van der Waals surface area contributed by atoms with E-state index < -0.39 is 10.0 Å². The lowest BCUT2D eigenvalue weighted by Gasteiger charge is -2.40. The second-order valence-electron chi connectivity index (χ2n) is 8.11. The maximum atomic E-state index is 12.5. The van der Waals surface area contributed by atoms with Gasteiger partial charge in [-0.25, -0.2) is 0 Å². The van der Waals surface area contributed by atoms with Crippen LogP contribution in [0.15, 0.2) is 64.2 Å². The van der Waals surface area contributed by atoms with E-state index in [9.17, 15) is 8.42 Å². The Morgan fingerprint density at radius 1 is 1.19 bits per heavy atom. The summed E-state index contributed by atoms with van der Waals surface area (Å²) in [6.45, 7) is 2.31. The van der Waals surface area contributed by atoms with Gasteiger partial charge in [-0.3, -0.25) is 9.88 Å². The number of anilines is 1. The molecule has 9 heteroatoms. The normalized spacial score (nSPS) is 15.1. The Morgan fingerprint density at radius 3 is 2.75 bits per heavy atom. The fraction of sp³-hybridized carbons (Fsp3) is 0.304. The van der Waals surface area contributed by atoms with Gasteiger partial charge in [-0.1, -0.05) is 6.07 Å². The molecule has 1 saturated heterocycles. The lowest BCUT2D eigenvalue weighted by molar-refractivity contribution is 0.151. The molecule has 2 aromatic carbocycles. The van der Waals surface area contributed by atoms with Crippen LogP contribution in [-0.4, -0.2) is 69.9 Å². The van der Waals surface area contributed by atoms with E-state index in [1.54, 1.807) is 44.4 Å². The van der Waals surface area contributed by atoms with Gasteiger partial charge in [0.25, 0.3) is 10.0 Å². The van der Waals surface area contributed by atoms with Crippen LogP contribution in [-0.2, 0) is 16.6 Å². The topological polar surface area (TPSA) is 87.1 Å². The Hall–Kier alpha value is -3.17. The highest BCUT2D eigenvalue weighted by Crippen LogP contribution is 2.27. The first-order chi connectivity index (χ1) is 15.3. The Labute approximate surface area is 188 Å². The van der Waals surface area contributed by atoms with Crippen LogP contribution in [0, 0.1) is 0 Å². The summed E-state index contributed by atoms with van der Waals surface area (Å²) in [5.74, 6) is 0.667. The van der Waals surface area contributed by atoms with Gasteiger partial charge in [0.05, 0.1) is 18.0 Å². The van der Waals surface area contributed by atoms with E-state index >= 15 is 0 Å². The van der Waals surface area contributed by atoms with Gasteiger partial charge in [-0.15, -0.1) is 4.40 Å². The Balaban J connectivity index is 1.41. The van der Waals surface area contributed by atoms with E-state index in [0.717, 1.165) is 35.1 Å². The van der Waals surface area contributed by atoms with Crippen molar-refractivity contribution in [3.05, 3.63) is 60.4 Å². The van der Waals surface area contributed by atoms with E-state index in [1.807, 2.05) is 12.3 Å². The molecule has 32 heavy (non-hydrogen) atoms. The average molecular weight is 454 g/mol. The first kappa shape index (κ1) is 22.0. The molecule has 0 spiro atoms. The molecule has 1 aromatic heterocycles. The molecule has 0 unspecified atom stereocenters. The molecule has 0 saturated carbocycles. The van der Waals surface area contributed by atoms with Crippen molar-refractivity contribution < 1.29 is 13.2 Å². The van der Waals surface area contributed by atoms with Gasteiger partial charge in [0.1, 0.15) is 12.1 Å². The number of benzene rings is 2. The van der Waals surface area contributed by atoms with Crippen LogP contribution in [0.3, 0.4) is 0 Å². The van der Waals surface area contributed by atoms with Crippen molar-refractivity contribution in [1.29, 1.82) is 0 Å². The van der Waals surface area contributed by atoms with Crippen LogP contribution in [0.1, 0.15) is 5.56 Å². The van der Waals surface area contributed by atoms with Crippen molar-refractivity contribution in [2.45, 2.75) is 17.5 Å². The third kappa shape index (κ3) is 5.00. The van der Waals surface area contributed by atoms with Crippen molar-refractivity contribution in [3.63, 3.8) is 0 Å². The number of fused-ring (bicyclic) bond motifs is 1. The first-order valence-corrected chi connectivity index (χ1v) is 11.7. The number of rotatable bonds is 8. The lowest BCUT2D eigenvalue weighted by atomic mass is 10.1. The van der Waals surface area contributed by atoms with Crippen molar-refractivity contribution in [2.75, 3.05) is 39.6 Å². The fourth-order valence-electron chi connectivity index (χ4n) is 3.70. The molecular formula is C23H27N5O3S. The maximum Gasteiger partial charge on any atom is 0.283 e. The van der Waals surface area contributed by atoms with E-state index in [1.165, 1.54) is 12.4 Å². The summed E-state index contributed by atoms with van der Waals surface area (Å²) in [4.78, 5) is 8.14. The Bertz CT molecular complexity index is 1240. The summed E-state index contributed by atoms with van der Waals surface area (Å²) < 4.78 is 34.2. The molecule has 2 heterocycles. The predicted molar refractivity (Wildman–Crippen MR) is 127 cm³/mol. The quantitative estimate of drug-likeness (QED) is 0.415. The van der Waals surface area contributed by atoms with Crippen LogP contribution in [0.4, 0.5) is 5.69 Å². The van der Waals surface area contributed by atoms with E-state index in [-0.39, 0.29) is 4.90 Å². The predicted octanol–water partition coefficient (Wildman–Crippen LogP) is 2.82. The number of nitrogens with zero attached hydrogens (tertiary/aromatic N) is 4. The van der Waals surface area contributed by atoms with Crippen LogP contribution < -0.4 is 10.1 Å². The van der Waals surface area contributed by atoms with Gasteiger partial charge >= 0.3 is 0 Å². The minimum absolute atomic E-state index is 0.159. The van der Waals surface area contributed by atoms with Crippen molar-refractivity contribution in [2.24, 2.45) is 4.40 Å². The molecule has 3 aromatic rings. The largest absolute Gasteiger partial charge is 0.496 e. The molecule has 1 N–H and O–H groups in total. The zero-order valence-electron chi connectivity index (χ0n) is 18.4. The minimum Gasteiger partial charge on any atom is -0.496 e. The molecule has 1 fully saturated rings. The standard InChI is InChI=1S/C23H27N5O3S/c1-27(2)16-25-32(29,30)22-6-7-23(31-3)19(11-22)13-28-14-21(15-28)26-20-5-4-18-12-24-9-8-17(18)10-20/h4-12,16,21,26H,13-15H2,1-3H3/b25-16+. The molecule has 168 valence electrons. The summed E-state index contributed by atoms with van der Waals surface area (Å²) in [5.41, 5.74) is 1.91. The molecule has 8 nitrogen and oxygen atoms in total. The summed E-state index contributed by atoms with van der Waals surface area (Å²) in [6, 6.07) is 13.5. The lowest BCUT2D eigenvalue weighted by Crippen LogP contribution is -2.54. The molecule has 1 aliphatic rings. The Kier molecular flexibility index (Phi) is 6.29. The van der Waals surface area contributed by atoms with Crippen LogP contribution in [0.25, 0.3) is 10.8 Å². The number of pyridine rings is 1. The molecule has 0 radical (unpaired) electrons. The van der Waals surface area contributed by atoms with E-state index in [4.69, 9.17) is 4.74 Å². The van der Waals surface area contributed by atoms with Gasteiger partial charge in [-0.2, -0.15) is 8.42 Å². The summed E-state index contributed by atoms with van der Waals surface area (Å²) in [6.07, 6.45) is 4.94. The van der Waals surface area contributed by atoms with Crippen LogP contribution >= 0.6 is 0 Å². The summed E-state index contributed by atoms with van der Waals surface area (Å²) in [5, 5.41) is 5.83. The zero-order chi connectivity index (χ0) is 22.7. The molecule has 4 rings (SSSR count). The third-order valence-corrected chi connectivity index (χ3v) is 6.55. The molecule has 0 bridgehead atoms. The van der Waals surface area contributed by atoms with Crippen LogP contribution in [0.5, 0.6) is 5.75 Å². The summed E-state index contributed by atoms with van der Waals surface area (Å²) in [7, 11) is 1.28. The smallest absolute Gasteiger partial charge is 0.283 e. The number of sulfonamides is 1. The highest BCUT2D eigenvalue weighted by atomic mass is 32.2. The maximum absolute atomic E-state index is 12.5. The van der Waals surface area contributed by atoms with Gasteiger partial charge in [-0.05, 0) is 41.8 Å². The summed E-state index contributed by atoms with van der Waals surface area (Å²) >= 11 is 0. The van der Waals surface area contributed by atoms with Gasteiger partial charge in [0, 0.05) is 62.8 Å². The van der Waals surface area contributed by atoms with Gasteiger partial charge in [0.2, 0.25) is 0 Å². The number of ether oxygens (including phenoxy) is 1. The number of nitrogens with one attached hydrogen (secondary N) is 1. The molecular weight excluding hydrogens is 426 g/mol. The number of hydrogen-bond acceptors (Lipinski definition) is 6. The van der Waals surface area contributed by atoms with Crippen LogP contribution in [0.2, 0.25) is 0 Å². The monoisotopic (exact) mass is 453 g/mol. The second-order valence-corrected chi connectivity index (χ2v) is 9.74. The zero-order valence-corrected chi connectivity index (χ0v) is 19.2. The highest BCUT2D eigenvalue weighted by Gasteiger charge is 2.28. The average Bonchev–Trinajstić information content (AvgIpc) is 2.76. The number of likely N-dealkylation sites (tertiary alicyclic amines) is 1.